The summed E-state index contributed by atoms with van der Waals surface area (Å²) in [5.74, 6) is 6.14. The van der Waals surface area contributed by atoms with E-state index in [9.17, 15) is 0 Å². The zero-order valence-corrected chi connectivity index (χ0v) is 9.24. The number of methoxy groups -OCH3 is 1. The first kappa shape index (κ1) is 11.2. The Morgan fingerprint density at radius 1 is 1.50 bits per heavy atom. The first-order valence-corrected chi connectivity index (χ1v) is 4.67. The molecule has 0 saturated heterocycles. The van der Waals surface area contributed by atoms with Gasteiger partial charge in [0.25, 0.3) is 0 Å². The lowest BCUT2D eigenvalue weighted by molar-refractivity contribution is 0.143. The number of hydrazine groups is 1. The molecule has 6 nitrogen and oxygen atoms in total. The second-order valence-electron chi connectivity index (χ2n) is 2.33. The summed E-state index contributed by atoms with van der Waals surface area (Å²) in [7, 11) is 1.60. The van der Waals surface area contributed by atoms with Crippen LogP contribution in [0.5, 0.6) is 5.88 Å². The second-order valence-corrected chi connectivity index (χ2v) is 3.12. The Kier molecular flexibility index (Phi) is 4.57. The fourth-order valence-electron chi connectivity index (χ4n) is 0.777. The van der Waals surface area contributed by atoms with Gasteiger partial charge in [-0.05, 0) is 15.9 Å². The van der Waals surface area contributed by atoms with E-state index in [0.717, 1.165) is 0 Å². The van der Waals surface area contributed by atoms with Crippen LogP contribution in [0.3, 0.4) is 0 Å². The van der Waals surface area contributed by atoms with Crippen molar-refractivity contribution in [2.24, 2.45) is 5.84 Å². The third-order valence-electron chi connectivity index (χ3n) is 1.42. The van der Waals surface area contributed by atoms with Crippen LogP contribution < -0.4 is 16.0 Å². The highest BCUT2D eigenvalue weighted by Crippen LogP contribution is 2.27. The Morgan fingerprint density at radius 2 is 2.29 bits per heavy atom. The molecule has 3 N–H and O–H groups in total. The van der Waals surface area contributed by atoms with E-state index in [-0.39, 0.29) is 0 Å². The monoisotopic (exact) mass is 262 g/mol. The molecular formula is C7H11BrN4O2. The van der Waals surface area contributed by atoms with Crippen LogP contribution in [0, 0.1) is 0 Å². The zero-order chi connectivity index (χ0) is 10.4. The van der Waals surface area contributed by atoms with E-state index in [1.165, 1.54) is 6.33 Å². The number of nitrogens with two attached hydrogens (primary N) is 1. The van der Waals surface area contributed by atoms with Gasteiger partial charge in [-0.3, -0.25) is 0 Å². The largest absolute Gasteiger partial charge is 0.474 e. The van der Waals surface area contributed by atoms with Crippen LogP contribution in [-0.2, 0) is 4.74 Å². The smallest absolute Gasteiger partial charge is 0.233 e. The Morgan fingerprint density at radius 3 is 2.93 bits per heavy atom. The summed E-state index contributed by atoms with van der Waals surface area (Å²) in [6.07, 6.45) is 1.36. The van der Waals surface area contributed by atoms with Crippen molar-refractivity contribution in [2.45, 2.75) is 0 Å². The third kappa shape index (κ3) is 2.79. The number of hydrogen-bond donors (Lipinski definition) is 2. The number of halogens is 1. The molecule has 0 aliphatic rings. The van der Waals surface area contributed by atoms with Gasteiger partial charge in [0, 0.05) is 7.11 Å². The fraction of sp³-hybridized carbons (Fsp3) is 0.429. The molecule has 0 unspecified atom stereocenters. The molecule has 0 saturated carbocycles. The van der Waals surface area contributed by atoms with Crippen LogP contribution in [0.15, 0.2) is 10.8 Å². The van der Waals surface area contributed by atoms with Crippen molar-refractivity contribution < 1.29 is 9.47 Å². The van der Waals surface area contributed by atoms with Gasteiger partial charge in [0.1, 0.15) is 17.4 Å². The highest BCUT2D eigenvalue weighted by atomic mass is 79.9. The standard InChI is InChI=1S/C7H11BrN4O2/c1-13-2-3-14-7-5(8)6(12-9)10-4-11-7/h4H,2-3,9H2,1H3,(H,10,11,12). The molecule has 1 heterocycles. The Bertz CT molecular complexity index is 297. The molecule has 7 heteroatoms. The summed E-state index contributed by atoms with van der Waals surface area (Å²) in [6.45, 7) is 0.929. The van der Waals surface area contributed by atoms with Gasteiger partial charge in [-0.15, -0.1) is 0 Å². The molecule has 0 aromatic carbocycles. The van der Waals surface area contributed by atoms with Gasteiger partial charge < -0.3 is 14.9 Å². The molecule has 78 valence electrons. The third-order valence-corrected chi connectivity index (χ3v) is 2.14. The highest BCUT2D eigenvalue weighted by molar-refractivity contribution is 9.10. The quantitative estimate of drug-likeness (QED) is 0.458. The predicted molar refractivity (Wildman–Crippen MR) is 54.9 cm³/mol. The summed E-state index contributed by atoms with van der Waals surface area (Å²) < 4.78 is 10.7. The molecule has 0 amide bonds. The summed E-state index contributed by atoms with van der Waals surface area (Å²) in [4.78, 5) is 7.81. The zero-order valence-electron chi connectivity index (χ0n) is 7.66. The summed E-state index contributed by atoms with van der Waals surface area (Å²) in [6, 6.07) is 0. The fourth-order valence-corrected chi connectivity index (χ4v) is 1.21. The average Bonchev–Trinajstić information content (AvgIpc) is 2.21. The van der Waals surface area contributed by atoms with Crippen LogP contribution in [0.4, 0.5) is 5.82 Å². The van der Waals surface area contributed by atoms with Crippen LogP contribution in [-0.4, -0.2) is 30.3 Å². The molecular weight excluding hydrogens is 252 g/mol. The molecule has 0 bridgehead atoms. The van der Waals surface area contributed by atoms with Crippen molar-refractivity contribution in [3.63, 3.8) is 0 Å². The van der Waals surface area contributed by atoms with Gasteiger partial charge in [-0.2, -0.15) is 0 Å². The van der Waals surface area contributed by atoms with Crippen molar-refractivity contribution in [3.8, 4) is 5.88 Å². The molecule has 1 aromatic heterocycles. The van der Waals surface area contributed by atoms with Crippen molar-refractivity contribution in [1.29, 1.82) is 0 Å². The van der Waals surface area contributed by atoms with Gasteiger partial charge in [0.2, 0.25) is 5.88 Å². The first-order chi connectivity index (χ1) is 6.79. The van der Waals surface area contributed by atoms with Crippen molar-refractivity contribution in [3.05, 3.63) is 10.8 Å². The molecule has 0 spiro atoms. The summed E-state index contributed by atoms with van der Waals surface area (Å²) >= 11 is 3.26. The molecule has 1 aromatic rings. The molecule has 0 radical (unpaired) electrons. The highest BCUT2D eigenvalue weighted by Gasteiger charge is 2.08. The molecule has 0 atom stereocenters. The first-order valence-electron chi connectivity index (χ1n) is 3.88. The Labute approximate surface area is 89.9 Å². The predicted octanol–water partition coefficient (Wildman–Crippen LogP) is 0.550. The van der Waals surface area contributed by atoms with E-state index in [4.69, 9.17) is 15.3 Å². The topological polar surface area (TPSA) is 82.3 Å². The lowest BCUT2D eigenvalue weighted by atomic mass is 10.5. The van der Waals surface area contributed by atoms with Crippen molar-refractivity contribution in [1.82, 2.24) is 9.97 Å². The molecule has 14 heavy (non-hydrogen) atoms. The summed E-state index contributed by atoms with van der Waals surface area (Å²) in [5.41, 5.74) is 2.42. The Balaban J connectivity index is 2.66. The van der Waals surface area contributed by atoms with Gasteiger partial charge in [-0.25, -0.2) is 15.8 Å². The second kappa shape index (κ2) is 5.74. The molecule has 0 aliphatic carbocycles. The number of rotatable bonds is 5. The van der Waals surface area contributed by atoms with Crippen LogP contribution in [0.1, 0.15) is 0 Å². The molecule has 1 rings (SSSR count). The number of nitrogens with zero attached hydrogens (tertiary/aromatic N) is 2. The minimum atomic E-state index is 0.427. The molecule has 0 fully saturated rings. The lowest BCUT2D eigenvalue weighted by Gasteiger charge is -2.08. The normalized spacial score (nSPS) is 9.93. The van der Waals surface area contributed by atoms with E-state index >= 15 is 0 Å². The number of anilines is 1. The maximum atomic E-state index is 5.30. The van der Waals surface area contributed by atoms with Gasteiger partial charge in [0.15, 0.2) is 5.82 Å². The van der Waals surface area contributed by atoms with Gasteiger partial charge in [-0.1, -0.05) is 0 Å². The molecule has 0 aliphatic heterocycles. The van der Waals surface area contributed by atoms with E-state index in [1.54, 1.807) is 7.11 Å². The van der Waals surface area contributed by atoms with Gasteiger partial charge >= 0.3 is 0 Å². The average molecular weight is 263 g/mol. The van der Waals surface area contributed by atoms with E-state index in [2.05, 4.69) is 31.3 Å². The van der Waals surface area contributed by atoms with Crippen molar-refractivity contribution in [2.75, 3.05) is 25.7 Å². The number of hydrogen-bond acceptors (Lipinski definition) is 6. The van der Waals surface area contributed by atoms with E-state index in [1.807, 2.05) is 0 Å². The van der Waals surface area contributed by atoms with Crippen LogP contribution >= 0.6 is 15.9 Å². The summed E-state index contributed by atoms with van der Waals surface area (Å²) in [5, 5.41) is 0. The van der Waals surface area contributed by atoms with Crippen LogP contribution in [0.2, 0.25) is 0 Å². The van der Waals surface area contributed by atoms with Crippen LogP contribution in [0.25, 0.3) is 0 Å². The van der Waals surface area contributed by atoms with E-state index in [0.29, 0.717) is 29.4 Å². The maximum absolute atomic E-state index is 5.30. The maximum Gasteiger partial charge on any atom is 0.233 e. The SMILES string of the molecule is COCCOc1ncnc(NN)c1Br. The van der Waals surface area contributed by atoms with E-state index < -0.39 is 0 Å². The Hall–Kier alpha value is -0.920. The minimum Gasteiger partial charge on any atom is -0.474 e. The minimum absolute atomic E-state index is 0.427. The number of nitrogen functional groups attached to an aromatic ring is 1. The number of aromatic nitrogens is 2. The van der Waals surface area contributed by atoms with Gasteiger partial charge in [0.05, 0.1) is 6.61 Å². The number of ether oxygens (including phenoxy) is 2. The number of nitrogens with one attached hydrogen (secondary N) is 1. The van der Waals surface area contributed by atoms with Crippen molar-refractivity contribution >= 4 is 21.7 Å². The lowest BCUT2D eigenvalue weighted by Crippen LogP contribution is -2.11.